The van der Waals surface area contributed by atoms with E-state index in [1.54, 1.807) is 12.1 Å². The SMILES string of the molecule is [C-]#[N+][C@@H]1C[C@@]2(CN1C(=O)[C@H](CC1CC1)N(C)C(=O)c1cnn(-c3ccccc3C(F)(F)F)c1)C(=O)Nc1ccccc12. The molecule has 12 heteroatoms. The predicted octanol–water partition coefficient (Wildman–Crippen LogP) is 4.50. The number of fused-ring (bicyclic) bond motifs is 2. The summed E-state index contributed by atoms with van der Waals surface area (Å²) >= 11 is 0. The zero-order valence-electron chi connectivity index (χ0n) is 22.6. The zero-order valence-corrected chi connectivity index (χ0v) is 22.6. The third-order valence-electron chi connectivity index (χ3n) is 8.50. The second-order valence-corrected chi connectivity index (χ2v) is 11.2. The van der Waals surface area contributed by atoms with Crippen LogP contribution in [0.5, 0.6) is 0 Å². The van der Waals surface area contributed by atoms with Crippen LogP contribution < -0.4 is 5.32 Å². The van der Waals surface area contributed by atoms with Gasteiger partial charge in [0.05, 0.1) is 29.4 Å². The number of nitrogens with one attached hydrogen (secondary N) is 1. The molecule has 1 aliphatic carbocycles. The largest absolute Gasteiger partial charge is 0.418 e. The molecule has 0 bridgehead atoms. The number of carbonyl (C=O) groups excluding carboxylic acids is 3. The topological polar surface area (TPSA) is 91.9 Å². The monoisotopic (exact) mass is 576 g/mol. The molecule has 2 aliphatic heterocycles. The van der Waals surface area contributed by atoms with Crippen LogP contribution in [0.25, 0.3) is 10.5 Å². The fraction of sp³-hybridized carbons (Fsp3) is 0.367. The number of rotatable bonds is 6. The van der Waals surface area contributed by atoms with E-state index in [2.05, 4.69) is 15.3 Å². The number of anilines is 1. The molecule has 0 radical (unpaired) electrons. The van der Waals surface area contributed by atoms with E-state index in [-0.39, 0.29) is 36.0 Å². The van der Waals surface area contributed by atoms with Crippen LogP contribution in [0.3, 0.4) is 0 Å². The van der Waals surface area contributed by atoms with Gasteiger partial charge in [-0.2, -0.15) is 18.3 Å². The van der Waals surface area contributed by atoms with Crippen molar-refractivity contribution >= 4 is 23.4 Å². The lowest BCUT2D eigenvalue weighted by molar-refractivity contribution is -0.138. The third kappa shape index (κ3) is 4.58. The molecule has 42 heavy (non-hydrogen) atoms. The Kier molecular flexibility index (Phi) is 6.55. The average molecular weight is 577 g/mol. The van der Waals surface area contributed by atoms with Crippen LogP contribution in [0.1, 0.15) is 47.2 Å². The van der Waals surface area contributed by atoms with E-state index < -0.39 is 41.2 Å². The second kappa shape index (κ2) is 10.0. The summed E-state index contributed by atoms with van der Waals surface area (Å²) in [6.07, 6.45) is -0.775. The Hall–Kier alpha value is -4.66. The number of hydrogen-bond acceptors (Lipinski definition) is 4. The number of amides is 3. The highest BCUT2D eigenvalue weighted by atomic mass is 19.4. The van der Waals surface area contributed by atoms with E-state index in [1.807, 2.05) is 12.1 Å². The first kappa shape index (κ1) is 27.5. The summed E-state index contributed by atoms with van der Waals surface area (Å²) in [4.78, 5) is 47.3. The first-order valence-corrected chi connectivity index (χ1v) is 13.6. The lowest BCUT2D eigenvalue weighted by atomic mass is 9.80. The number of likely N-dealkylation sites (N-methyl/N-ethyl adjacent to an activating group) is 1. The van der Waals surface area contributed by atoms with Crippen LogP contribution in [0, 0.1) is 12.5 Å². The Morgan fingerprint density at radius 1 is 1.19 bits per heavy atom. The quantitative estimate of drug-likeness (QED) is 0.438. The Balaban J connectivity index is 1.28. The standard InChI is InChI=1S/C30H27F3N6O3/c1-34-25-14-29(20-7-3-5-9-22(20)36-28(29)42)17-38(25)27(41)24(13-18-11-12-18)37(2)26(40)19-15-35-39(16-19)23-10-6-4-8-21(23)30(31,32)33/h3-10,15-16,18,24-25H,11-14,17H2,2H3,(H,36,42)/t24-,25-,29-/m0/s1. The molecule has 3 atom stereocenters. The van der Waals surface area contributed by atoms with Gasteiger partial charge in [0, 0.05) is 25.5 Å². The van der Waals surface area contributed by atoms with Gasteiger partial charge in [-0.05, 0) is 36.1 Å². The summed E-state index contributed by atoms with van der Waals surface area (Å²) < 4.78 is 41.7. The summed E-state index contributed by atoms with van der Waals surface area (Å²) in [5.74, 6) is -1.04. The number of aromatic nitrogens is 2. The summed E-state index contributed by atoms with van der Waals surface area (Å²) in [7, 11) is 1.48. The van der Waals surface area contributed by atoms with Crippen LogP contribution in [0.2, 0.25) is 0 Å². The van der Waals surface area contributed by atoms with Crippen LogP contribution in [0.4, 0.5) is 18.9 Å². The van der Waals surface area contributed by atoms with Crippen molar-refractivity contribution in [2.75, 3.05) is 18.9 Å². The maximum absolute atomic E-state index is 14.1. The number of alkyl halides is 3. The van der Waals surface area contributed by atoms with Crippen LogP contribution in [-0.2, 0) is 21.2 Å². The van der Waals surface area contributed by atoms with Gasteiger partial charge < -0.3 is 10.2 Å². The number of nitrogens with zero attached hydrogens (tertiary/aromatic N) is 5. The van der Waals surface area contributed by atoms with Crippen molar-refractivity contribution < 1.29 is 27.6 Å². The lowest BCUT2D eigenvalue weighted by Gasteiger charge is -2.31. The van der Waals surface area contributed by atoms with E-state index in [0.29, 0.717) is 12.1 Å². The maximum atomic E-state index is 14.1. The molecule has 6 rings (SSSR count). The molecule has 216 valence electrons. The summed E-state index contributed by atoms with van der Waals surface area (Å²) in [6.45, 7) is 7.83. The molecule has 2 aromatic carbocycles. The maximum Gasteiger partial charge on any atom is 0.418 e. The second-order valence-electron chi connectivity index (χ2n) is 11.2. The summed E-state index contributed by atoms with van der Waals surface area (Å²) in [5.41, 5.74) is -0.754. The molecular weight excluding hydrogens is 549 g/mol. The molecule has 1 saturated carbocycles. The molecule has 0 unspecified atom stereocenters. The summed E-state index contributed by atoms with van der Waals surface area (Å²) in [6, 6.07) is 11.2. The van der Waals surface area contributed by atoms with Crippen molar-refractivity contribution in [3.05, 3.63) is 89.0 Å². The van der Waals surface area contributed by atoms with E-state index in [0.717, 1.165) is 29.2 Å². The Morgan fingerprint density at radius 3 is 2.62 bits per heavy atom. The average Bonchev–Trinajstić information content (AvgIpc) is 3.40. The van der Waals surface area contributed by atoms with Crippen molar-refractivity contribution in [1.29, 1.82) is 0 Å². The van der Waals surface area contributed by atoms with Gasteiger partial charge in [0.15, 0.2) is 0 Å². The highest BCUT2D eigenvalue weighted by molar-refractivity contribution is 6.07. The molecule has 1 saturated heterocycles. The number of para-hydroxylation sites is 2. The van der Waals surface area contributed by atoms with Gasteiger partial charge in [-0.3, -0.25) is 24.1 Å². The Morgan fingerprint density at radius 2 is 1.90 bits per heavy atom. The van der Waals surface area contributed by atoms with E-state index >= 15 is 0 Å². The van der Waals surface area contributed by atoms with Gasteiger partial charge >= 0.3 is 12.3 Å². The molecular formula is C30H27F3N6O3. The summed E-state index contributed by atoms with van der Waals surface area (Å²) in [5, 5.41) is 6.88. The fourth-order valence-electron chi connectivity index (χ4n) is 6.06. The zero-order chi connectivity index (χ0) is 29.8. The molecule has 1 aromatic heterocycles. The Labute approximate surface area is 239 Å². The third-order valence-corrected chi connectivity index (χ3v) is 8.50. The van der Waals surface area contributed by atoms with Gasteiger partial charge in [0.1, 0.15) is 11.5 Å². The predicted molar refractivity (Wildman–Crippen MR) is 145 cm³/mol. The first-order valence-electron chi connectivity index (χ1n) is 13.6. The normalized spacial score (nSPS) is 22.0. The molecule has 3 aliphatic rings. The highest BCUT2D eigenvalue weighted by Crippen LogP contribution is 2.47. The lowest BCUT2D eigenvalue weighted by Crippen LogP contribution is -2.51. The van der Waals surface area contributed by atoms with Crippen LogP contribution >= 0.6 is 0 Å². The molecule has 1 N–H and O–H groups in total. The minimum absolute atomic E-state index is 0.0110. The van der Waals surface area contributed by atoms with Gasteiger partial charge in [-0.15, -0.1) is 0 Å². The van der Waals surface area contributed by atoms with Crippen LogP contribution in [-0.4, -0.2) is 63.1 Å². The smallest absolute Gasteiger partial charge is 0.330 e. The minimum Gasteiger partial charge on any atom is -0.330 e. The molecule has 2 fully saturated rings. The number of likely N-dealkylation sites (tertiary alicyclic amines) is 1. The molecule has 3 amide bonds. The van der Waals surface area contributed by atoms with E-state index in [4.69, 9.17) is 6.57 Å². The number of carbonyl (C=O) groups is 3. The van der Waals surface area contributed by atoms with Crippen molar-refractivity contribution in [3.63, 3.8) is 0 Å². The van der Waals surface area contributed by atoms with Crippen LogP contribution in [0.15, 0.2) is 60.9 Å². The van der Waals surface area contributed by atoms with Gasteiger partial charge in [0.25, 0.3) is 11.8 Å². The minimum atomic E-state index is -4.62. The van der Waals surface area contributed by atoms with Gasteiger partial charge in [0.2, 0.25) is 5.91 Å². The van der Waals surface area contributed by atoms with Gasteiger partial charge in [-0.1, -0.05) is 43.2 Å². The Bertz CT molecular complexity index is 1620. The molecule has 1 spiro atoms. The van der Waals surface area contributed by atoms with Crippen molar-refractivity contribution in [1.82, 2.24) is 19.6 Å². The number of benzene rings is 2. The molecule has 3 heterocycles. The van der Waals surface area contributed by atoms with Crippen molar-refractivity contribution in [2.24, 2.45) is 5.92 Å². The van der Waals surface area contributed by atoms with Crippen molar-refractivity contribution in [2.45, 2.75) is 49.5 Å². The van der Waals surface area contributed by atoms with Crippen molar-refractivity contribution in [3.8, 4) is 5.69 Å². The van der Waals surface area contributed by atoms with E-state index in [9.17, 15) is 27.6 Å². The highest BCUT2D eigenvalue weighted by Gasteiger charge is 2.59. The van der Waals surface area contributed by atoms with Gasteiger partial charge in [-0.25, -0.2) is 11.3 Å². The number of hydrogen-bond donors (Lipinski definition) is 1. The first-order chi connectivity index (χ1) is 20.0. The van der Waals surface area contributed by atoms with E-state index in [1.165, 1.54) is 47.4 Å². The fourth-order valence-corrected chi connectivity index (χ4v) is 6.06. The number of halogens is 3. The molecule has 3 aromatic rings. The molecule has 9 nitrogen and oxygen atoms in total.